The first-order chi connectivity index (χ1) is 11.6. The molecule has 0 unspecified atom stereocenters. The molecule has 0 bridgehead atoms. The van der Waals surface area contributed by atoms with Gasteiger partial charge < -0.3 is 15.1 Å². The van der Waals surface area contributed by atoms with Gasteiger partial charge in [-0.3, -0.25) is 4.79 Å². The molecule has 3 amide bonds. The molecular weight excluding hydrogens is 309 g/mol. The van der Waals surface area contributed by atoms with E-state index in [0.717, 1.165) is 32.4 Å². The van der Waals surface area contributed by atoms with Gasteiger partial charge in [-0.25, -0.2) is 9.18 Å². The van der Waals surface area contributed by atoms with E-state index in [1.165, 1.54) is 6.07 Å². The van der Waals surface area contributed by atoms with Crippen molar-refractivity contribution in [2.24, 2.45) is 5.41 Å². The highest BCUT2D eigenvalue weighted by molar-refractivity contribution is 5.85. The zero-order valence-electron chi connectivity index (χ0n) is 14.1. The van der Waals surface area contributed by atoms with Gasteiger partial charge in [-0.1, -0.05) is 18.2 Å². The number of nitrogens with zero attached hydrogens (tertiary/aromatic N) is 2. The van der Waals surface area contributed by atoms with Gasteiger partial charge in [0, 0.05) is 38.3 Å². The van der Waals surface area contributed by atoms with Crippen molar-refractivity contribution < 1.29 is 14.0 Å². The van der Waals surface area contributed by atoms with Crippen LogP contribution in [0.3, 0.4) is 0 Å². The van der Waals surface area contributed by atoms with Crippen LogP contribution in [0.2, 0.25) is 0 Å². The van der Waals surface area contributed by atoms with Crippen molar-refractivity contribution >= 4 is 11.9 Å². The molecule has 0 saturated carbocycles. The number of hydrogen-bond acceptors (Lipinski definition) is 2. The van der Waals surface area contributed by atoms with Crippen molar-refractivity contribution in [1.29, 1.82) is 0 Å². The Labute approximate surface area is 141 Å². The van der Waals surface area contributed by atoms with Crippen LogP contribution in [0.5, 0.6) is 0 Å². The Balaban J connectivity index is 1.60. The van der Waals surface area contributed by atoms with Gasteiger partial charge in [0.2, 0.25) is 5.91 Å². The highest BCUT2D eigenvalue weighted by Crippen LogP contribution is 2.39. The van der Waals surface area contributed by atoms with E-state index in [2.05, 4.69) is 5.32 Å². The number of carbonyl (C=O) groups excluding carboxylic acids is 2. The molecule has 1 spiro atoms. The Bertz CT molecular complexity index is 636. The number of hydrogen-bond donors (Lipinski definition) is 1. The maximum Gasteiger partial charge on any atom is 0.317 e. The van der Waals surface area contributed by atoms with Crippen LogP contribution < -0.4 is 5.32 Å². The SMILES string of the molecule is CCN1CCC[C@]2(CCN(C(=O)NCc3ccccc3F)C2)C1=O. The molecule has 1 atom stereocenters. The van der Waals surface area contributed by atoms with Crippen LogP contribution in [-0.2, 0) is 11.3 Å². The van der Waals surface area contributed by atoms with Gasteiger partial charge in [-0.05, 0) is 32.3 Å². The highest BCUT2D eigenvalue weighted by Gasteiger charge is 2.49. The van der Waals surface area contributed by atoms with E-state index in [1.807, 2.05) is 11.8 Å². The summed E-state index contributed by atoms with van der Waals surface area (Å²) < 4.78 is 13.6. The molecule has 2 aliphatic rings. The Morgan fingerprint density at radius 1 is 1.29 bits per heavy atom. The Morgan fingerprint density at radius 3 is 2.83 bits per heavy atom. The molecule has 3 rings (SSSR count). The summed E-state index contributed by atoms with van der Waals surface area (Å²) in [6.07, 6.45) is 2.55. The van der Waals surface area contributed by atoms with E-state index in [-0.39, 0.29) is 24.3 Å². The number of amides is 3. The standard InChI is InChI=1S/C18H24FN3O2/c1-2-21-10-5-8-18(16(21)23)9-11-22(13-18)17(24)20-12-14-6-3-4-7-15(14)19/h3-4,6-7H,2,5,8-13H2,1H3,(H,20,24)/t18-/m1/s1. The molecule has 2 fully saturated rings. The van der Waals surface area contributed by atoms with Gasteiger partial charge in [0.25, 0.3) is 0 Å². The predicted octanol–water partition coefficient (Wildman–Crippen LogP) is 2.37. The van der Waals surface area contributed by atoms with Crippen molar-refractivity contribution in [3.05, 3.63) is 35.6 Å². The zero-order chi connectivity index (χ0) is 17.2. The number of benzene rings is 1. The lowest BCUT2D eigenvalue weighted by atomic mass is 9.78. The van der Waals surface area contributed by atoms with Gasteiger partial charge in [0.15, 0.2) is 0 Å². The minimum absolute atomic E-state index is 0.157. The summed E-state index contributed by atoms with van der Waals surface area (Å²) in [4.78, 5) is 28.7. The molecule has 5 nitrogen and oxygen atoms in total. The van der Waals surface area contributed by atoms with E-state index in [1.54, 1.807) is 23.1 Å². The number of urea groups is 1. The minimum Gasteiger partial charge on any atom is -0.342 e. The van der Waals surface area contributed by atoms with Gasteiger partial charge in [0.05, 0.1) is 5.41 Å². The third-order valence-electron chi connectivity index (χ3n) is 5.23. The number of likely N-dealkylation sites (tertiary alicyclic amines) is 2. The number of carbonyl (C=O) groups is 2. The fourth-order valence-electron chi connectivity index (χ4n) is 3.80. The number of rotatable bonds is 3. The molecule has 0 aliphatic carbocycles. The van der Waals surface area contributed by atoms with Gasteiger partial charge in [0.1, 0.15) is 5.82 Å². The van der Waals surface area contributed by atoms with E-state index < -0.39 is 5.41 Å². The van der Waals surface area contributed by atoms with Crippen LogP contribution >= 0.6 is 0 Å². The van der Waals surface area contributed by atoms with Crippen LogP contribution in [0.4, 0.5) is 9.18 Å². The van der Waals surface area contributed by atoms with E-state index in [9.17, 15) is 14.0 Å². The molecular formula is C18H24FN3O2. The largest absolute Gasteiger partial charge is 0.342 e. The zero-order valence-corrected chi connectivity index (χ0v) is 14.1. The molecule has 0 radical (unpaired) electrons. The second kappa shape index (κ2) is 6.79. The minimum atomic E-state index is -0.413. The third kappa shape index (κ3) is 3.09. The quantitative estimate of drug-likeness (QED) is 0.923. The van der Waals surface area contributed by atoms with E-state index in [4.69, 9.17) is 0 Å². The Morgan fingerprint density at radius 2 is 2.08 bits per heavy atom. The van der Waals surface area contributed by atoms with Crippen LogP contribution in [0.25, 0.3) is 0 Å². The normalized spacial score (nSPS) is 23.8. The Hall–Kier alpha value is -2.11. The molecule has 130 valence electrons. The maximum absolute atomic E-state index is 13.6. The predicted molar refractivity (Wildman–Crippen MR) is 88.7 cm³/mol. The molecule has 2 aliphatic heterocycles. The summed E-state index contributed by atoms with van der Waals surface area (Å²) in [7, 11) is 0. The summed E-state index contributed by atoms with van der Waals surface area (Å²) >= 11 is 0. The molecule has 2 saturated heterocycles. The maximum atomic E-state index is 13.6. The monoisotopic (exact) mass is 333 g/mol. The molecule has 1 aromatic rings. The lowest BCUT2D eigenvalue weighted by Gasteiger charge is -2.38. The first-order valence-electron chi connectivity index (χ1n) is 8.61. The summed E-state index contributed by atoms with van der Waals surface area (Å²) in [6.45, 7) is 4.73. The molecule has 2 heterocycles. The third-order valence-corrected chi connectivity index (χ3v) is 5.23. The van der Waals surface area contributed by atoms with Gasteiger partial charge in [-0.2, -0.15) is 0 Å². The van der Waals surface area contributed by atoms with Crippen LogP contribution in [0.1, 0.15) is 31.7 Å². The summed E-state index contributed by atoms with van der Waals surface area (Å²) in [6, 6.07) is 6.18. The van der Waals surface area contributed by atoms with Crippen molar-refractivity contribution in [3.8, 4) is 0 Å². The lowest BCUT2D eigenvalue weighted by Crippen LogP contribution is -2.50. The fraction of sp³-hybridized carbons (Fsp3) is 0.556. The molecule has 6 heteroatoms. The first kappa shape index (κ1) is 16.7. The average molecular weight is 333 g/mol. The molecule has 0 aromatic heterocycles. The van der Waals surface area contributed by atoms with E-state index >= 15 is 0 Å². The van der Waals surface area contributed by atoms with Crippen molar-refractivity contribution in [3.63, 3.8) is 0 Å². The summed E-state index contributed by atoms with van der Waals surface area (Å²) in [5.41, 5.74) is 0.0505. The first-order valence-corrected chi connectivity index (χ1v) is 8.61. The lowest BCUT2D eigenvalue weighted by molar-refractivity contribution is -0.145. The smallest absolute Gasteiger partial charge is 0.317 e. The molecule has 24 heavy (non-hydrogen) atoms. The number of halogens is 1. The molecule has 1 aromatic carbocycles. The second-order valence-corrected chi connectivity index (χ2v) is 6.69. The molecule has 1 N–H and O–H groups in total. The van der Waals surface area contributed by atoms with Crippen molar-refractivity contribution in [1.82, 2.24) is 15.1 Å². The summed E-state index contributed by atoms with van der Waals surface area (Å²) in [5.74, 6) is -0.141. The topological polar surface area (TPSA) is 52.6 Å². The fourth-order valence-corrected chi connectivity index (χ4v) is 3.80. The van der Waals surface area contributed by atoms with Crippen molar-refractivity contribution in [2.75, 3.05) is 26.2 Å². The average Bonchev–Trinajstić information content (AvgIpc) is 3.02. The van der Waals surface area contributed by atoms with Gasteiger partial charge in [-0.15, -0.1) is 0 Å². The van der Waals surface area contributed by atoms with Crippen LogP contribution in [0.15, 0.2) is 24.3 Å². The summed E-state index contributed by atoms with van der Waals surface area (Å²) in [5, 5.41) is 2.77. The van der Waals surface area contributed by atoms with Crippen LogP contribution in [-0.4, -0.2) is 47.9 Å². The van der Waals surface area contributed by atoms with Gasteiger partial charge >= 0.3 is 6.03 Å². The number of piperidine rings is 1. The van der Waals surface area contributed by atoms with Crippen LogP contribution in [0, 0.1) is 11.2 Å². The van der Waals surface area contributed by atoms with Crippen molar-refractivity contribution in [2.45, 2.75) is 32.7 Å². The second-order valence-electron chi connectivity index (χ2n) is 6.69. The Kier molecular flexibility index (Phi) is 4.73. The number of nitrogens with one attached hydrogen (secondary N) is 1. The highest BCUT2D eigenvalue weighted by atomic mass is 19.1. The van der Waals surface area contributed by atoms with E-state index in [0.29, 0.717) is 18.7 Å².